The van der Waals surface area contributed by atoms with E-state index in [0.717, 1.165) is 69.9 Å². The second-order valence-corrected chi connectivity index (χ2v) is 10.5. The molecule has 7 heteroatoms. The predicted octanol–water partition coefficient (Wildman–Crippen LogP) is 4.71. The Kier molecular flexibility index (Phi) is 8.09. The van der Waals surface area contributed by atoms with E-state index in [9.17, 15) is 4.79 Å². The number of amides is 1. The number of fused-ring (bicyclic) bond motifs is 1. The highest BCUT2D eigenvalue weighted by Gasteiger charge is 2.37. The first-order chi connectivity index (χ1) is 18.1. The van der Waals surface area contributed by atoms with Crippen molar-refractivity contribution < 1.29 is 9.53 Å². The zero-order valence-corrected chi connectivity index (χ0v) is 21.8. The molecule has 0 unspecified atom stereocenters. The van der Waals surface area contributed by atoms with Gasteiger partial charge in [-0.1, -0.05) is 24.6 Å². The van der Waals surface area contributed by atoms with Gasteiger partial charge in [0.2, 0.25) is 0 Å². The van der Waals surface area contributed by atoms with Crippen LogP contribution in [0.3, 0.4) is 0 Å². The second-order valence-electron chi connectivity index (χ2n) is 10.5. The van der Waals surface area contributed by atoms with Crippen LogP contribution in [0.5, 0.6) is 5.75 Å². The average Bonchev–Trinajstić information content (AvgIpc) is 2.92. The maximum atomic E-state index is 13.2. The van der Waals surface area contributed by atoms with E-state index in [4.69, 9.17) is 4.74 Å². The number of para-hydroxylation sites is 1. The summed E-state index contributed by atoms with van der Waals surface area (Å²) in [5.74, 6) is 1.08. The number of carbonyl (C=O) groups is 1. The fourth-order valence-corrected chi connectivity index (χ4v) is 5.83. The first kappa shape index (κ1) is 25.3. The number of nitrogens with zero attached hydrogens (tertiary/aromatic N) is 5. The molecule has 1 saturated heterocycles. The Labute approximate surface area is 219 Å². The maximum Gasteiger partial charge on any atom is 0.257 e. The van der Waals surface area contributed by atoms with Gasteiger partial charge in [-0.15, -0.1) is 0 Å². The highest BCUT2D eigenvalue weighted by atomic mass is 16.5. The maximum absolute atomic E-state index is 13.2. The van der Waals surface area contributed by atoms with Crippen LogP contribution < -0.4 is 4.74 Å². The van der Waals surface area contributed by atoms with Gasteiger partial charge in [0.25, 0.3) is 5.91 Å². The Balaban J connectivity index is 1.33. The van der Waals surface area contributed by atoms with Crippen molar-refractivity contribution in [2.45, 2.75) is 52.0 Å². The quantitative estimate of drug-likeness (QED) is 0.520. The molecule has 194 valence electrons. The molecule has 2 aromatic heterocycles. The van der Waals surface area contributed by atoms with Gasteiger partial charge in [-0.3, -0.25) is 14.7 Å². The van der Waals surface area contributed by atoms with E-state index in [1.165, 1.54) is 30.3 Å². The van der Waals surface area contributed by atoms with Crippen LogP contribution in [-0.4, -0.2) is 63.4 Å². The summed E-state index contributed by atoms with van der Waals surface area (Å²) in [7, 11) is 0. The Bertz CT molecular complexity index is 1180. The summed E-state index contributed by atoms with van der Waals surface area (Å²) in [6.45, 7) is 6.83. The molecule has 2 aliphatic rings. The normalized spacial score (nSPS) is 18.8. The SMILES string of the molecule is Cc1ncncc1C(=O)N1CCC2(CCCCc3ccccc3OCCN(Cc3ccncc3)C2)CC1. The lowest BCUT2D eigenvalue weighted by Gasteiger charge is -2.45. The Morgan fingerprint density at radius 1 is 1.00 bits per heavy atom. The zero-order valence-electron chi connectivity index (χ0n) is 21.8. The summed E-state index contributed by atoms with van der Waals surface area (Å²) in [5.41, 5.74) is 4.12. The minimum absolute atomic E-state index is 0.0553. The third kappa shape index (κ3) is 6.34. The molecule has 1 amide bonds. The number of benzene rings is 1. The third-order valence-electron chi connectivity index (χ3n) is 8.01. The van der Waals surface area contributed by atoms with Gasteiger partial charge in [-0.05, 0) is 73.8 Å². The number of aromatic nitrogens is 3. The number of ether oxygens (including phenoxy) is 1. The predicted molar refractivity (Wildman–Crippen MR) is 143 cm³/mol. The van der Waals surface area contributed by atoms with Gasteiger partial charge in [-0.2, -0.15) is 0 Å². The van der Waals surface area contributed by atoms with Crippen molar-refractivity contribution in [3.8, 4) is 5.75 Å². The lowest BCUT2D eigenvalue weighted by Crippen LogP contribution is -2.48. The standard InChI is InChI=1S/C30H37N5O2/c1-24-27(20-32-23-33-24)29(36)35-16-12-30(13-17-35)11-5-4-7-26-6-2-3-8-28(26)37-19-18-34(22-30)21-25-9-14-31-15-10-25/h2-3,6,8-10,14-15,20,23H,4-5,7,11-13,16-19,21-22H2,1H3. The number of rotatable bonds is 3. The first-order valence-corrected chi connectivity index (χ1v) is 13.5. The van der Waals surface area contributed by atoms with E-state index >= 15 is 0 Å². The molecule has 0 N–H and O–H groups in total. The van der Waals surface area contributed by atoms with Gasteiger partial charge < -0.3 is 9.64 Å². The van der Waals surface area contributed by atoms with Crippen LogP contribution in [0.15, 0.2) is 61.3 Å². The molecule has 37 heavy (non-hydrogen) atoms. The number of carbonyl (C=O) groups excluding carboxylic acids is 1. The number of hydrogen-bond acceptors (Lipinski definition) is 6. The van der Waals surface area contributed by atoms with Crippen molar-refractivity contribution in [1.82, 2.24) is 24.8 Å². The lowest BCUT2D eigenvalue weighted by atomic mass is 9.73. The molecule has 1 fully saturated rings. The summed E-state index contributed by atoms with van der Waals surface area (Å²) in [6.07, 6.45) is 13.5. The van der Waals surface area contributed by atoms with E-state index in [-0.39, 0.29) is 11.3 Å². The van der Waals surface area contributed by atoms with Crippen LogP contribution in [0.2, 0.25) is 0 Å². The van der Waals surface area contributed by atoms with E-state index in [1.807, 2.05) is 24.2 Å². The van der Waals surface area contributed by atoms with E-state index in [2.05, 4.69) is 56.3 Å². The number of piperidine rings is 1. The molecule has 0 aliphatic carbocycles. The van der Waals surface area contributed by atoms with Crippen molar-refractivity contribution in [2.75, 3.05) is 32.8 Å². The lowest BCUT2D eigenvalue weighted by molar-refractivity contribution is 0.0360. The van der Waals surface area contributed by atoms with Gasteiger partial charge in [0, 0.05) is 51.3 Å². The highest BCUT2D eigenvalue weighted by molar-refractivity contribution is 5.94. The molecular weight excluding hydrogens is 462 g/mol. The van der Waals surface area contributed by atoms with Crippen molar-refractivity contribution >= 4 is 5.91 Å². The average molecular weight is 500 g/mol. The van der Waals surface area contributed by atoms with Crippen LogP contribution in [0.25, 0.3) is 0 Å². The topological polar surface area (TPSA) is 71.5 Å². The molecule has 4 heterocycles. The molecule has 0 radical (unpaired) electrons. The summed E-state index contributed by atoms with van der Waals surface area (Å²) in [4.78, 5) is 30.3. The van der Waals surface area contributed by atoms with Crippen LogP contribution in [0.1, 0.15) is 59.3 Å². The van der Waals surface area contributed by atoms with Gasteiger partial charge >= 0.3 is 0 Å². The van der Waals surface area contributed by atoms with E-state index in [0.29, 0.717) is 12.2 Å². The van der Waals surface area contributed by atoms with Crippen molar-refractivity contribution in [3.05, 3.63) is 83.7 Å². The van der Waals surface area contributed by atoms with E-state index in [1.54, 1.807) is 6.20 Å². The minimum atomic E-state index is 0.0553. The summed E-state index contributed by atoms with van der Waals surface area (Å²) in [5, 5.41) is 0. The van der Waals surface area contributed by atoms with Crippen molar-refractivity contribution in [2.24, 2.45) is 5.41 Å². The molecule has 1 aromatic carbocycles. The van der Waals surface area contributed by atoms with Gasteiger partial charge in [-0.25, -0.2) is 9.97 Å². The van der Waals surface area contributed by atoms with Gasteiger partial charge in [0.05, 0.1) is 11.3 Å². The molecule has 0 atom stereocenters. The monoisotopic (exact) mass is 499 g/mol. The van der Waals surface area contributed by atoms with Crippen molar-refractivity contribution in [1.29, 1.82) is 0 Å². The molecule has 0 saturated carbocycles. The smallest absolute Gasteiger partial charge is 0.257 e. The van der Waals surface area contributed by atoms with Crippen LogP contribution in [-0.2, 0) is 13.0 Å². The molecule has 7 nitrogen and oxygen atoms in total. The largest absolute Gasteiger partial charge is 0.492 e. The summed E-state index contributed by atoms with van der Waals surface area (Å²) >= 11 is 0. The number of aryl methyl sites for hydroxylation is 2. The molecular formula is C30H37N5O2. The van der Waals surface area contributed by atoms with Crippen LogP contribution >= 0.6 is 0 Å². The van der Waals surface area contributed by atoms with Crippen molar-refractivity contribution in [3.63, 3.8) is 0 Å². The van der Waals surface area contributed by atoms with Gasteiger partial charge in [0.1, 0.15) is 18.7 Å². The molecule has 3 aromatic rings. The van der Waals surface area contributed by atoms with Crippen LogP contribution in [0, 0.1) is 12.3 Å². The molecule has 1 spiro atoms. The Hall–Kier alpha value is -3.32. The number of likely N-dealkylation sites (tertiary alicyclic amines) is 1. The van der Waals surface area contributed by atoms with Gasteiger partial charge in [0.15, 0.2) is 0 Å². The zero-order chi connectivity index (χ0) is 25.5. The Morgan fingerprint density at radius 2 is 1.81 bits per heavy atom. The summed E-state index contributed by atoms with van der Waals surface area (Å²) < 4.78 is 6.29. The fraction of sp³-hybridized carbons (Fsp3) is 0.467. The minimum Gasteiger partial charge on any atom is -0.492 e. The number of pyridine rings is 1. The summed E-state index contributed by atoms with van der Waals surface area (Å²) in [6, 6.07) is 12.7. The Morgan fingerprint density at radius 3 is 2.62 bits per heavy atom. The van der Waals surface area contributed by atoms with E-state index < -0.39 is 0 Å². The fourth-order valence-electron chi connectivity index (χ4n) is 5.83. The first-order valence-electron chi connectivity index (χ1n) is 13.5. The highest BCUT2D eigenvalue weighted by Crippen LogP contribution is 2.39. The second kappa shape index (κ2) is 11.8. The molecule has 2 aliphatic heterocycles. The number of hydrogen-bond donors (Lipinski definition) is 0. The molecule has 0 bridgehead atoms. The molecule has 5 rings (SSSR count). The third-order valence-corrected chi connectivity index (χ3v) is 8.01. The van der Waals surface area contributed by atoms with Crippen LogP contribution in [0.4, 0.5) is 0 Å².